The van der Waals surface area contributed by atoms with Gasteiger partial charge < -0.3 is 16.2 Å². The normalized spacial score (nSPS) is 13.6. The average molecular weight is 274 g/mol. The van der Waals surface area contributed by atoms with E-state index in [0.717, 1.165) is 0 Å². The first-order valence-corrected chi connectivity index (χ1v) is 5.90. The van der Waals surface area contributed by atoms with E-state index in [9.17, 15) is 4.79 Å². The largest absolute Gasteiger partial charge is 0.462 e. The van der Waals surface area contributed by atoms with Crippen LogP contribution in [0.5, 0.6) is 0 Å². The number of benzene rings is 1. The molecule has 0 fully saturated rings. The molecule has 104 valence electrons. The molecular formula is C12H14N6O2. The molecule has 0 radical (unpaired) electrons. The van der Waals surface area contributed by atoms with Gasteiger partial charge >= 0.3 is 5.97 Å². The lowest BCUT2D eigenvalue weighted by atomic mass is 10.2. The topological polar surface area (TPSA) is 127 Å². The highest BCUT2D eigenvalue weighted by molar-refractivity contribution is 6.68. The first-order chi connectivity index (χ1) is 9.61. The van der Waals surface area contributed by atoms with Gasteiger partial charge in [0.05, 0.1) is 17.9 Å². The first kappa shape index (κ1) is 13.5. The molecule has 0 bridgehead atoms. The zero-order valence-corrected chi connectivity index (χ0v) is 10.8. The zero-order valence-electron chi connectivity index (χ0n) is 10.8. The molecule has 0 unspecified atom stereocenters. The minimum absolute atomic E-state index is 0.136. The molecule has 0 amide bonds. The van der Waals surface area contributed by atoms with Crippen LogP contribution in [0.15, 0.2) is 39.6 Å². The quantitative estimate of drug-likeness (QED) is 0.536. The number of nitrogens with zero attached hydrogens (tertiary/aromatic N) is 3. The maximum Gasteiger partial charge on any atom is 0.338 e. The lowest BCUT2D eigenvalue weighted by molar-refractivity contribution is 0.0526. The number of anilines is 1. The summed E-state index contributed by atoms with van der Waals surface area (Å²) < 4.78 is 4.91. The standard InChI is InChI=1S/C12H14N6O2/c1-2-20-12(19)7-4-3-5-8(6-7)15-16-9-10(13)17-18-11(9)14/h3-6,15H,2H2,1H3,(H4,13,14,16,17,18). The molecule has 0 spiro atoms. The van der Waals surface area contributed by atoms with Crippen molar-refractivity contribution in [3.8, 4) is 0 Å². The molecular weight excluding hydrogens is 260 g/mol. The maximum absolute atomic E-state index is 11.6. The Morgan fingerprint density at radius 1 is 1.35 bits per heavy atom. The third-order valence-electron chi connectivity index (χ3n) is 2.42. The number of rotatable bonds is 4. The van der Waals surface area contributed by atoms with Crippen LogP contribution < -0.4 is 16.9 Å². The highest BCUT2D eigenvalue weighted by Gasteiger charge is 2.16. The summed E-state index contributed by atoms with van der Waals surface area (Å²) in [5.74, 6) is -0.125. The van der Waals surface area contributed by atoms with Gasteiger partial charge in [0.15, 0.2) is 17.4 Å². The fourth-order valence-electron chi connectivity index (χ4n) is 1.50. The Bertz CT molecular complexity index is 600. The summed E-state index contributed by atoms with van der Waals surface area (Å²) in [7, 11) is 0. The number of nitrogens with two attached hydrogens (primary N) is 2. The summed E-state index contributed by atoms with van der Waals surface area (Å²) in [5, 5.41) is 11.2. The summed E-state index contributed by atoms with van der Waals surface area (Å²) in [6.45, 7) is 2.06. The minimum Gasteiger partial charge on any atom is -0.462 e. The maximum atomic E-state index is 11.6. The van der Waals surface area contributed by atoms with Gasteiger partial charge in [0, 0.05) is 0 Å². The van der Waals surface area contributed by atoms with E-state index in [1.165, 1.54) is 0 Å². The van der Waals surface area contributed by atoms with Crippen molar-refractivity contribution in [2.75, 3.05) is 12.0 Å². The second-order valence-corrected chi connectivity index (χ2v) is 3.84. The molecule has 8 heteroatoms. The fraction of sp³-hybridized carbons (Fsp3) is 0.167. The summed E-state index contributed by atoms with van der Waals surface area (Å²) in [6, 6.07) is 6.70. The summed E-state index contributed by atoms with van der Waals surface area (Å²) in [6.07, 6.45) is 0. The molecule has 2 rings (SSSR count). The van der Waals surface area contributed by atoms with Crippen LogP contribution in [0, 0.1) is 0 Å². The number of nitrogens with one attached hydrogen (secondary N) is 1. The van der Waals surface area contributed by atoms with Crippen molar-refractivity contribution in [1.29, 1.82) is 0 Å². The van der Waals surface area contributed by atoms with Crippen LogP contribution in [0.25, 0.3) is 0 Å². The molecule has 0 aromatic heterocycles. The van der Waals surface area contributed by atoms with Crippen LogP contribution in [0.4, 0.5) is 5.69 Å². The van der Waals surface area contributed by atoms with Crippen LogP contribution in [0.1, 0.15) is 17.3 Å². The van der Waals surface area contributed by atoms with E-state index in [4.69, 9.17) is 16.2 Å². The number of hydrogen-bond donors (Lipinski definition) is 3. The van der Waals surface area contributed by atoms with Crippen molar-refractivity contribution in [2.24, 2.45) is 26.8 Å². The molecule has 1 aliphatic rings. The van der Waals surface area contributed by atoms with Crippen LogP contribution >= 0.6 is 0 Å². The molecule has 1 aromatic carbocycles. The molecule has 1 heterocycles. The van der Waals surface area contributed by atoms with E-state index in [2.05, 4.69) is 20.7 Å². The van der Waals surface area contributed by atoms with E-state index in [1.807, 2.05) is 0 Å². The Kier molecular flexibility index (Phi) is 3.94. The Labute approximate surface area is 115 Å². The van der Waals surface area contributed by atoms with Crippen molar-refractivity contribution in [2.45, 2.75) is 6.92 Å². The molecule has 8 nitrogen and oxygen atoms in total. The summed E-state index contributed by atoms with van der Waals surface area (Å²) >= 11 is 0. The molecule has 0 atom stereocenters. The third-order valence-corrected chi connectivity index (χ3v) is 2.42. The predicted octanol–water partition coefficient (Wildman–Crippen LogP) is 0.274. The van der Waals surface area contributed by atoms with Crippen molar-refractivity contribution in [3.63, 3.8) is 0 Å². The Morgan fingerprint density at radius 3 is 2.70 bits per heavy atom. The second-order valence-electron chi connectivity index (χ2n) is 3.84. The average Bonchev–Trinajstić information content (AvgIpc) is 2.76. The van der Waals surface area contributed by atoms with E-state index in [0.29, 0.717) is 17.9 Å². The highest BCUT2D eigenvalue weighted by Crippen LogP contribution is 2.12. The van der Waals surface area contributed by atoms with Crippen LogP contribution in [0.3, 0.4) is 0 Å². The van der Waals surface area contributed by atoms with Gasteiger partial charge in [-0.3, -0.25) is 5.43 Å². The molecule has 0 saturated carbocycles. The second kappa shape index (κ2) is 5.83. The number of hydrazone groups is 1. The Morgan fingerprint density at radius 2 is 2.05 bits per heavy atom. The van der Waals surface area contributed by atoms with E-state index >= 15 is 0 Å². The van der Waals surface area contributed by atoms with Gasteiger partial charge in [0.1, 0.15) is 0 Å². The molecule has 1 aromatic rings. The molecule has 20 heavy (non-hydrogen) atoms. The van der Waals surface area contributed by atoms with Gasteiger partial charge in [-0.25, -0.2) is 4.79 Å². The number of amidine groups is 2. The van der Waals surface area contributed by atoms with Crippen molar-refractivity contribution >= 4 is 29.0 Å². The van der Waals surface area contributed by atoms with E-state index in [1.54, 1.807) is 31.2 Å². The van der Waals surface area contributed by atoms with Crippen LogP contribution in [-0.2, 0) is 4.74 Å². The van der Waals surface area contributed by atoms with Gasteiger partial charge in [0.25, 0.3) is 0 Å². The number of carbonyl (C=O) groups is 1. The lowest BCUT2D eigenvalue weighted by Crippen LogP contribution is -2.32. The van der Waals surface area contributed by atoms with Crippen molar-refractivity contribution in [1.82, 2.24) is 0 Å². The number of hydrogen-bond acceptors (Lipinski definition) is 8. The Balaban J connectivity index is 2.13. The van der Waals surface area contributed by atoms with Crippen molar-refractivity contribution < 1.29 is 9.53 Å². The highest BCUT2D eigenvalue weighted by atomic mass is 16.5. The number of esters is 1. The lowest BCUT2D eigenvalue weighted by Gasteiger charge is -2.05. The third kappa shape index (κ3) is 2.91. The molecule has 5 N–H and O–H groups in total. The van der Waals surface area contributed by atoms with Gasteiger partial charge in [-0.2, -0.15) is 5.10 Å². The summed E-state index contributed by atoms with van der Waals surface area (Å²) in [4.78, 5) is 11.6. The van der Waals surface area contributed by atoms with Crippen LogP contribution in [-0.4, -0.2) is 30.0 Å². The summed E-state index contributed by atoms with van der Waals surface area (Å²) in [5.41, 5.74) is 15.2. The zero-order chi connectivity index (χ0) is 14.5. The van der Waals surface area contributed by atoms with E-state index < -0.39 is 5.97 Å². The fourth-order valence-corrected chi connectivity index (χ4v) is 1.50. The molecule has 0 saturated heterocycles. The first-order valence-electron chi connectivity index (χ1n) is 5.90. The van der Waals surface area contributed by atoms with Crippen LogP contribution in [0.2, 0.25) is 0 Å². The number of carbonyl (C=O) groups excluding carboxylic acids is 1. The Hall–Kier alpha value is -2.90. The van der Waals surface area contributed by atoms with E-state index in [-0.39, 0.29) is 17.4 Å². The SMILES string of the molecule is CCOC(=O)c1cccc(NN=C2C(N)=NN=C2N)c1. The monoisotopic (exact) mass is 274 g/mol. The molecule has 0 aliphatic carbocycles. The van der Waals surface area contributed by atoms with Gasteiger partial charge in [-0.1, -0.05) is 6.07 Å². The van der Waals surface area contributed by atoms with Crippen molar-refractivity contribution in [3.05, 3.63) is 29.8 Å². The molecule has 1 aliphatic heterocycles. The van der Waals surface area contributed by atoms with Gasteiger partial charge in [-0.05, 0) is 25.1 Å². The minimum atomic E-state index is -0.396. The number of ether oxygens (including phenoxy) is 1. The van der Waals surface area contributed by atoms with Gasteiger partial charge in [0.2, 0.25) is 0 Å². The predicted molar refractivity (Wildman–Crippen MR) is 76.7 cm³/mol. The smallest absolute Gasteiger partial charge is 0.338 e. The van der Waals surface area contributed by atoms with Gasteiger partial charge in [-0.15, -0.1) is 10.2 Å².